The second-order valence-electron chi connectivity index (χ2n) is 8.28. The highest BCUT2D eigenvalue weighted by atomic mass is 19.1. The van der Waals surface area contributed by atoms with Crippen molar-refractivity contribution in [1.82, 2.24) is 4.90 Å². The number of rotatable bonds is 3. The van der Waals surface area contributed by atoms with Gasteiger partial charge in [0, 0.05) is 31.9 Å². The van der Waals surface area contributed by atoms with Crippen molar-refractivity contribution in [2.24, 2.45) is 10.9 Å². The van der Waals surface area contributed by atoms with Crippen LogP contribution in [-0.2, 0) is 9.59 Å². The average Bonchev–Trinajstić information content (AvgIpc) is 3.22. The maximum absolute atomic E-state index is 14.1. The smallest absolute Gasteiger partial charge is 0.242 e. The van der Waals surface area contributed by atoms with Gasteiger partial charge >= 0.3 is 0 Å². The molecule has 160 valence electrons. The predicted octanol–water partition coefficient (Wildman–Crippen LogP) is 3.39. The van der Waals surface area contributed by atoms with Gasteiger partial charge in [-0.3, -0.25) is 14.6 Å². The number of halogens is 1. The van der Waals surface area contributed by atoms with Crippen LogP contribution in [0.4, 0.5) is 21.5 Å². The highest BCUT2D eigenvalue weighted by molar-refractivity contribution is 6.16. The van der Waals surface area contributed by atoms with Crippen molar-refractivity contribution in [1.29, 1.82) is 0 Å². The summed E-state index contributed by atoms with van der Waals surface area (Å²) in [5, 5.41) is 0. The molecule has 1 unspecified atom stereocenters. The lowest BCUT2D eigenvalue weighted by atomic mass is 10.1. The molecule has 31 heavy (non-hydrogen) atoms. The van der Waals surface area contributed by atoms with E-state index in [0.717, 1.165) is 30.7 Å². The number of hydrogen-bond donors (Lipinski definition) is 0. The van der Waals surface area contributed by atoms with Gasteiger partial charge in [-0.25, -0.2) is 4.39 Å². The number of piperazine rings is 1. The van der Waals surface area contributed by atoms with Crippen LogP contribution in [0.5, 0.6) is 0 Å². The normalized spacial score (nSPS) is 20.8. The van der Waals surface area contributed by atoms with Crippen molar-refractivity contribution in [3.05, 3.63) is 54.3 Å². The van der Waals surface area contributed by atoms with E-state index in [1.165, 1.54) is 6.07 Å². The largest absolute Gasteiger partial charge is 0.366 e. The van der Waals surface area contributed by atoms with Crippen molar-refractivity contribution in [2.45, 2.75) is 19.3 Å². The van der Waals surface area contributed by atoms with Crippen molar-refractivity contribution < 1.29 is 14.0 Å². The Hall–Kier alpha value is -3.22. The Morgan fingerprint density at radius 3 is 2.48 bits per heavy atom. The molecule has 2 heterocycles. The molecule has 0 radical (unpaired) electrons. The van der Waals surface area contributed by atoms with Gasteiger partial charge in [0.2, 0.25) is 11.8 Å². The Kier molecular flexibility index (Phi) is 5.18. The van der Waals surface area contributed by atoms with E-state index in [9.17, 15) is 14.0 Å². The summed E-state index contributed by atoms with van der Waals surface area (Å²) in [6.07, 6.45) is 2.58. The minimum Gasteiger partial charge on any atom is -0.366 e. The molecule has 1 atom stereocenters. The van der Waals surface area contributed by atoms with Crippen LogP contribution in [0, 0.1) is 11.7 Å². The van der Waals surface area contributed by atoms with E-state index in [-0.39, 0.29) is 30.1 Å². The summed E-state index contributed by atoms with van der Waals surface area (Å²) in [6, 6.07) is 14.3. The molecule has 6 nitrogen and oxygen atoms in total. The lowest BCUT2D eigenvalue weighted by Gasteiger charge is -2.37. The molecule has 2 amide bonds. The minimum atomic E-state index is -0.249. The zero-order chi connectivity index (χ0) is 21.4. The molecule has 1 aliphatic carbocycles. The first kappa shape index (κ1) is 19.7. The quantitative estimate of drug-likeness (QED) is 0.765. The van der Waals surface area contributed by atoms with E-state index in [4.69, 9.17) is 4.99 Å². The maximum atomic E-state index is 14.1. The molecular formula is C24H25FN4O2. The van der Waals surface area contributed by atoms with Crippen molar-refractivity contribution in [2.75, 3.05) is 42.5 Å². The Labute approximate surface area is 181 Å². The fourth-order valence-electron chi connectivity index (χ4n) is 4.78. The number of aliphatic imine (C=N–C) groups is 1. The molecule has 0 aromatic heterocycles. The van der Waals surface area contributed by atoms with Crippen LogP contribution in [0.3, 0.4) is 0 Å². The standard InChI is InChI=1S/C24H25FN4O2/c25-18-7-1-3-10-21(18)27-12-14-28(15-13-27)23(30)16-29-22-11-4-2-8-20(22)26-19-9-5-6-17(19)24(29)31/h1-4,7-8,10-11,17H,5-6,9,12-16H2. The molecule has 1 saturated carbocycles. The van der Waals surface area contributed by atoms with E-state index in [0.29, 0.717) is 37.6 Å². The number of nitrogens with zero attached hydrogens (tertiary/aromatic N) is 4. The van der Waals surface area contributed by atoms with E-state index in [1.807, 2.05) is 35.2 Å². The molecule has 0 spiro atoms. The number of amides is 2. The van der Waals surface area contributed by atoms with E-state index < -0.39 is 0 Å². The van der Waals surface area contributed by atoms with Gasteiger partial charge in [0.15, 0.2) is 0 Å². The molecule has 1 saturated heterocycles. The highest BCUT2D eigenvalue weighted by Gasteiger charge is 2.37. The van der Waals surface area contributed by atoms with E-state index in [1.54, 1.807) is 21.9 Å². The van der Waals surface area contributed by atoms with Crippen LogP contribution in [0.2, 0.25) is 0 Å². The van der Waals surface area contributed by atoms with Crippen LogP contribution in [-0.4, -0.2) is 55.1 Å². The molecule has 2 aromatic rings. The van der Waals surface area contributed by atoms with Gasteiger partial charge in [-0.1, -0.05) is 24.3 Å². The van der Waals surface area contributed by atoms with Gasteiger partial charge in [0.05, 0.1) is 23.0 Å². The lowest BCUT2D eigenvalue weighted by Crippen LogP contribution is -2.52. The zero-order valence-electron chi connectivity index (χ0n) is 17.3. The third-order valence-electron chi connectivity index (χ3n) is 6.45. The van der Waals surface area contributed by atoms with E-state index >= 15 is 0 Å². The minimum absolute atomic E-state index is 0.00877. The third kappa shape index (κ3) is 3.69. The second kappa shape index (κ2) is 8.13. The first-order chi connectivity index (χ1) is 15.1. The monoisotopic (exact) mass is 420 g/mol. The lowest BCUT2D eigenvalue weighted by molar-refractivity contribution is -0.132. The summed E-state index contributed by atoms with van der Waals surface area (Å²) in [4.78, 5) is 36.6. The molecule has 2 aliphatic heterocycles. The third-order valence-corrected chi connectivity index (χ3v) is 6.45. The van der Waals surface area contributed by atoms with Crippen LogP contribution in [0.15, 0.2) is 53.5 Å². The molecule has 7 heteroatoms. The van der Waals surface area contributed by atoms with Crippen LogP contribution >= 0.6 is 0 Å². The van der Waals surface area contributed by atoms with Gasteiger partial charge in [-0.15, -0.1) is 0 Å². The summed E-state index contributed by atoms with van der Waals surface area (Å²) in [5.41, 5.74) is 2.96. The van der Waals surface area contributed by atoms with E-state index in [2.05, 4.69) is 0 Å². The first-order valence-corrected chi connectivity index (χ1v) is 10.9. The number of anilines is 2. The molecule has 2 aromatic carbocycles. The molecular weight excluding hydrogens is 395 g/mol. The second-order valence-corrected chi connectivity index (χ2v) is 8.28. The Morgan fingerprint density at radius 1 is 1.00 bits per heavy atom. The van der Waals surface area contributed by atoms with Crippen molar-refractivity contribution in [3.8, 4) is 0 Å². The van der Waals surface area contributed by atoms with Crippen LogP contribution < -0.4 is 9.80 Å². The molecule has 5 rings (SSSR count). The van der Waals surface area contributed by atoms with Gasteiger partial charge in [0.1, 0.15) is 12.4 Å². The SMILES string of the molecule is O=C(CN1C(=O)C2CCCC2=Nc2ccccc21)N1CCN(c2ccccc2F)CC1. The Morgan fingerprint density at radius 2 is 1.71 bits per heavy atom. The number of para-hydroxylation sites is 3. The summed E-state index contributed by atoms with van der Waals surface area (Å²) in [7, 11) is 0. The summed E-state index contributed by atoms with van der Waals surface area (Å²) in [5.74, 6) is -0.586. The molecule has 2 fully saturated rings. The number of benzene rings is 2. The predicted molar refractivity (Wildman–Crippen MR) is 118 cm³/mol. The topological polar surface area (TPSA) is 56.2 Å². The number of hydrogen-bond acceptors (Lipinski definition) is 4. The van der Waals surface area contributed by atoms with Gasteiger partial charge in [-0.2, -0.15) is 0 Å². The average molecular weight is 420 g/mol. The number of fused-ring (bicyclic) bond motifs is 2. The summed E-state index contributed by atoms with van der Waals surface area (Å²) >= 11 is 0. The summed E-state index contributed by atoms with van der Waals surface area (Å²) in [6.45, 7) is 2.14. The fourth-order valence-corrected chi connectivity index (χ4v) is 4.78. The first-order valence-electron chi connectivity index (χ1n) is 10.9. The molecule has 0 bridgehead atoms. The Balaban J connectivity index is 1.30. The van der Waals surface area contributed by atoms with Crippen LogP contribution in [0.25, 0.3) is 0 Å². The van der Waals surface area contributed by atoms with Gasteiger partial charge in [0.25, 0.3) is 0 Å². The number of carbonyl (C=O) groups excluding carboxylic acids is 2. The molecule has 3 aliphatic rings. The maximum Gasteiger partial charge on any atom is 0.242 e. The molecule has 0 N–H and O–H groups in total. The fraction of sp³-hybridized carbons (Fsp3) is 0.375. The van der Waals surface area contributed by atoms with Gasteiger partial charge in [-0.05, 0) is 43.5 Å². The van der Waals surface area contributed by atoms with Crippen molar-refractivity contribution >= 4 is 34.6 Å². The summed E-state index contributed by atoms with van der Waals surface area (Å²) < 4.78 is 14.1. The zero-order valence-corrected chi connectivity index (χ0v) is 17.3. The van der Waals surface area contributed by atoms with Crippen molar-refractivity contribution in [3.63, 3.8) is 0 Å². The Bertz CT molecular complexity index is 1050. The van der Waals surface area contributed by atoms with Gasteiger partial charge < -0.3 is 14.7 Å². The van der Waals surface area contributed by atoms with Crippen LogP contribution in [0.1, 0.15) is 19.3 Å². The number of carbonyl (C=O) groups is 2. The highest BCUT2D eigenvalue weighted by Crippen LogP contribution is 2.37.